The first-order chi connectivity index (χ1) is 14.6. The molecule has 2 aromatic rings. The maximum atomic E-state index is 12.9. The van der Waals surface area contributed by atoms with E-state index in [0.29, 0.717) is 26.3 Å². The average molecular weight is 409 g/mol. The first-order valence-electron chi connectivity index (χ1n) is 11.1. The predicted molar refractivity (Wildman–Crippen MR) is 118 cm³/mol. The third-order valence-corrected chi connectivity index (χ3v) is 6.14. The number of likely N-dealkylation sites (N-methyl/N-ethyl adjacent to an activating group) is 1. The number of nitrogens with zero attached hydrogens (tertiary/aromatic N) is 2. The summed E-state index contributed by atoms with van der Waals surface area (Å²) in [6.07, 6.45) is 4.11. The van der Waals surface area contributed by atoms with Gasteiger partial charge >= 0.3 is 0 Å². The summed E-state index contributed by atoms with van der Waals surface area (Å²) in [4.78, 5) is 17.1. The fourth-order valence-electron chi connectivity index (χ4n) is 4.32. The van der Waals surface area contributed by atoms with E-state index in [-0.39, 0.29) is 11.9 Å². The minimum atomic E-state index is 0.163. The Kier molecular flexibility index (Phi) is 6.58. The minimum Gasteiger partial charge on any atom is -0.490 e. The van der Waals surface area contributed by atoms with Crippen LogP contribution >= 0.6 is 0 Å². The Labute approximate surface area is 179 Å². The van der Waals surface area contributed by atoms with Crippen LogP contribution in [0, 0.1) is 0 Å². The lowest BCUT2D eigenvalue weighted by molar-refractivity contribution is -0.131. The summed E-state index contributed by atoms with van der Waals surface area (Å²) in [6.45, 7) is 5.58. The Morgan fingerprint density at radius 3 is 2.53 bits per heavy atom. The molecule has 4 rings (SSSR count). The number of ether oxygens (including phenoxy) is 2. The van der Waals surface area contributed by atoms with Crippen LogP contribution in [-0.2, 0) is 17.8 Å². The average Bonchev–Trinajstić information content (AvgIpc) is 3.09. The zero-order valence-corrected chi connectivity index (χ0v) is 18.1. The van der Waals surface area contributed by atoms with Gasteiger partial charge in [-0.25, -0.2) is 0 Å². The Morgan fingerprint density at radius 2 is 1.77 bits per heavy atom. The van der Waals surface area contributed by atoms with E-state index < -0.39 is 0 Å². The Balaban J connectivity index is 1.39. The molecule has 2 aliphatic rings. The summed E-state index contributed by atoms with van der Waals surface area (Å²) in [6, 6.07) is 15.0. The fraction of sp³-hybridized carbons (Fsp3) is 0.480. The van der Waals surface area contributed by atoms with E-state index in [4.69, 9.17) is 9.47 Å². The van der Waals surface area contributed by atoms with Gasteiger partial charge in [0.25, 0.3) is 0 Å². The number of hydrogen-bond donors (Lipinski definition) is 0. The van der Waals surface area contributed by atoms with Crippen LogP contribution in [-0.4, -0.2) is 49.1 Å². The molecule has 0 radical (unpaired) electrons. The zero-order valence-electron chi connectivity index (χ0n) is 18.1. The number of rotatable bonds is 6. The molecule has 2 aliphatic heterocycles. The molecule has 0 N–H and O–H groups in total. The van der Waals surface area contributed by atoms with E-state index in [0.717, 1.165) is 43.7 Å². The zero-order chi connectivity index (χ0) is 20.9. The van der Waals surface area contributed by atoms with Gasteiger partial charge in [0.1, 0.15) is 0 Å². The van der Waals surface area contributed by atoms with Crippen molar-refractivity contribution in [2.24, 2.45) is 0 Å². The molecule has 0 unspecified atom stereocenters. The van der Waals surface area contributed by atoms with Crippen LogP contribution in [0.1, 0.15) is 48.9 Å². The normalized spacial score (nSPS) is 18.8. The van der Waals surface area contributed by atoms with Gasteiger partial charge in [0.15, 0.2) is 11.5 Å². The predicted octanol–water partition coefficient (Wildman–Crippen LogP) is 4.21. The van der Waals surface area contributed by atoms with E-state index in [2.05, 4.69) is 48.2 Å². The molecule has 2 heterocycles. The van der Waals surface area contributed by atoms with Crippen molar-refractivity contribution < 1.29 is 14.3 Å². The van der Waals surface area contributed by atoms with Crippen LogP contribution in [0.4, 0.5) is 0 Å². The molecule has 5 nitrogen and oxygen atoms in total. The summed E-state index contributed by atoms with van der Waals surface area (Å²) in [5.74, 6) is 1.82. The molecule has 0 spiro atoms. The fourth-order valence-corrected chi connectivity index (χ4v) is 4.32. The molecule has 2 aromatic carbocycles. The van der Waals surface area contributed by atoms with Gasteiger partial charge in [0, 0.05) is 26.1 Å². The quantitative estimate of drug-likeness (QED) is 0.718. The van der Waals surface area contributed by atoms with E-state index >= 15 is 0 Å². The molecular weight excluding hydrogens is 376 g/mol. The number of amides is 1. The second kappa shape index (κ2) is 9.52. The summed E-state index contributed by atoms with van der Waals surface area (Å²) in [5, 5.41) is 0. The summed E-state index contributed by atoms with van der Waals surface area (Å²) < 4.78 is 11.6. The molecule has 0 aliphatic carbocycles. The smallest absolute Gasteiger partial charge is 0.236 e. The Morgan fingerprint density at radius 1 is 1.03 bits per heavy atom. The van der Waals surface area contributed by atoms with Crippen molar-refractivity contribution in [2.45, 2.75) is 45.2 Å². The summed E-state index contributed by atoms with van der Waals surface area (Å²) >= 11 is 0. The van der Waals surface area contributed by atoms with Gasteiger partial charge in [-0.2, -0.15) is 0 Å². The van der Waals surface area contributed by atoms with Crippen molar-refractivity contribution in [3.8, 4) is 11.5 Å². The monoisotopic (exact) mass is 408 g/mol. The van der Waals surface area contributed by atoms with E-state index in [1.165, 1.54) is 16.7 Å². The molecular formula is C25H32N2O3. The number of likely N-dealkylation sites (tertiary alicyclic amines) is 1. The Bertz CT molecular complexity index is 865. The first-order valence-corrected chi connectivity index (χ1v) is 11.1. The van der Waals surface area contributed by atoms with Gasteiger partial charge in [0.05, 0.1) is 19.8 Å². The lowest BCUT2D eigenvalue weighted by Crippen LogP contribution is -2.37. The van der Waals surface area contributed by atoms with Crippen LogP contribution in [0.25, 0.3) is 0 Å². The Hall–Kier alpha value is -2.53. The van der Waals surface area contributed by atoms with Crippen LogP contribution < -0.4 is 9.47 Å². The molecule has 0 bridgehead atoms. The topological polar surface area (TPSA) is 42.0 Å². The lowest BCUT2D eigenvalue weighted by atomic mass is 10.0. The number of benzene rings is 2. The third kappa shape index (κ3) is 4.78. The van der Waals surface area contributed by atoms with Crippen molar-refractivity contribution in [2.75, 3.05) is 33.4 Å². The summed E-state index contributed by atoms with van der Waals surface area (Å²) in [5.41, 5.74) is 3.70. The molecule has 1 atom stereocenters. The van der Waals surface area contributed by atoms with Crippen LogP contribution in [0.15, 0.2) is 42.5 Å². The molecule has 1 fully saturated rings. The summed E-state index contributed by atoms with van der Waals surface area (Å²) in [7, 11) is 1.90. The number of fused-ring (bicyclic) bond motifs is 1. The van der Waals surface area contributed by atoms with Gasteiger partial charge in [-0.15, -0.1) is 0 Å². The van der Waals surface area contributed by atoms with E-state index in [1.807, 2.05) is 18.0 Å². The third-order valence-electron chi connectivity index (χ3n) is 6.14. The SMILES string of the molecule is CCc1ccc(CN(C)C(=O)CN2CCC[C@@H]2c2ccc3c(c2)OCCCO3)cc1. The van der Waals surface area contributed by atoms with Crippen molar-refractivity contribution in [1.29, 1.82) is 0 Å². The van der Waals surface area contributed by atoms with E-state index in [1.54, 1.807) is 0 Å². The molecule has 5 heteroatoms. The highest BCUT2D eigenvalue weighted by Crippen LogP contribution is 2.37. The van der Waals surface area contributed by atoms with Crippen molar-refractivity contribution in [1.82, 2.24) is 9.80 Å². The molecule has 0 saturated carbocycles. The maximum absolute atomic E-state index is 12.9. The highest BCUT2D eigenvalue weighted by Gasteiger charge is 2.29. The molecule has 1 amide bonds. The van der Waals surface area contributed by atoms with Gasteiger partial charge < -0.3 is 14.4 Å². The van der Waals surface area contributed by atoms with Gasteiger partial charge in [-0.05, 0) is 54.6 Å². The second-order valence-electron chi connectivity index (χ2n) is 8.31. The van der Waals surface area contributed by atoms with Gasteiger partial charge in [0.2, 0.25) is 5.91 Å². The van der Waals surface area contributed by atoms with Crippen LogP contribution in [0.5, 0.6) is 11.5 Å². The maximum Gasteiger partial charge on any atom is 0.236 e. The second-order valence-corrected chi connectivity index (χ2v) is 8.31. The van der Waals surface area contributed by atoms with Crippen molar-refractivity contribution >= 4 is 5.91 Å². The van der Waals surface area contributed by atoms with Crippen LogP contribution in [0.3, 0.4) is 0 Å². The number of hydrogen-bond acceptors (Lipinski definition) is 4. The molecule has 160 valence electrons. The first kappa shape index (κ1) is 20.7. The number of carbonyl (C=O) groups excluding carboxylic acids is 1. The van der Waals surface area contributed by atoms with Crippen molar-refractivity contribution in [3.05, 3.63) is 59.2 Å². The molecule has 0 aromatic heterocycles. The molecule has 30 heavy (non-hydrogen) atoms. The molecule has 1 saturated heterocycles. The lowest BCUT2D eigenvalue weighted by Gasteiger charge is -2.27. The van der Waals surface area contributed by atoms with E-state index in [9.17, 15) is 4.79 Å². The standard InChI is InChI=1S/C25H32N2O3/c1-3-19-7-9-20(10-8-19)17-26(2)25(28)18-27-13-4-6-22(27)21-11-12-23-24(16-21)30-15-5-14-29-23/h7-12,16,22H,3-6,13-15,17-18H2,1-2H3/t22-/m1/s1. The van der Waals surface area contributed by atoms with Crippen molar-refractivity contribution in [3.63, 3.8) is 0 Å². The number of carbonyl (C=O) groups is 1. The van der Waals surface area contributed by atoms with Crippen LogP contribution in [0.2, 0.25) is 0 Å². The minimum absolute atomic E-state index is 0.163. The van der Waals surface area contributed by atoms with Gasteiger partial charge in [-0.1, -0.05) is 37.3 Å². The highest BCUT2D eigenvalue weighted by molar-refractivity contribution is 5.78. The van der Waals surface area contributed by atoms with Gasteiger partial charge in [-0.3, -0.25) is 9.69 Å². The highest BCUT2D eigenvalue weighted by atomic mass is 16.5. The largest absolute Gasteiger partial charge is 0.490 e. The number of aryl methyl sites for hydroxylation is 1.